The van der Waals surface area contributed by atoms with Crippen molar-refractivity contribution >= 4 is 23.5 Å². The van der Waals surface area contributed by atoms with E-state index in [1.54, 1.807) is 34.1 Å². The summed E-state index contributed by atoms with van der Waals surface area (Å²) in [6.07, 6.45) is 12.0. The number of nitrogens with zero attached hydrogens (tertiary/aromatic N) is 2. The van der Waals surface area contributed by atoms with Gasteiger partial charge in [-0.2, -0.15) is 0 Å². The SMILES string of the molecule is CCN(CC)C(=O)N(CC1=CC=C2C(C=C1)C21CCCC[C@H]1C(=O)NC(C(N)=O)c1ccccc1)c1ccc(F)cc1. The summed E-state index contributed by atoms with van der Waals surface area (Å²) >= 11 is 0. The third-order valence-corrected chi connectivity index (χ3v) is 9.04. The maximum Gasteiger partial charge on any atom is 0.324 e. The summed E-state index contributed by atoms with van der Waals surface area (Å²) < 4.78 is 13.7. The third kappa shape index (κ3) is 5.62. The van der Waals surface area contributed by atoms with Gasteiger partial charge in [0.2, 0.25) is 11.8 Å². The van der Waals surface area contributed by atoms with Crippen LogP contribution >= 0.6 is 0 Å². The number of fused-ring (bicyclic) bond motifs is 3. The first kappa shape index (κ1) is 29.3. The topological polar surface area (TPSA) is 95.7 Å². The Morgan fingerprint density at radius 3 is 2.40 bits per heavy atom. The molecule has 3 aliphatic rings. The van der Waals surface area contributed by atoms with Crippen LogP contribution in [0.15, 0.2) is 90.0 Å². The molecule has 8 heteroatoms. The molecule has 42 heavy (non-hydrogen) atoms. The van der Waals surface area contributed by atoms with Gasteiger partial charge in [-0.25, -0.2) is 9.18 Å². The van der Waals surface area contributed by atoms with E-state index >= 15 is 0 Å². The molecule has 2 aromatic rings. The van der Waals surface area contributed by atoms with E-state index in [4.69, 9.17) is 5.73 Å². The number of hydrogen-bond donors (Lipinski definition) is 2. The lowest BCUT2D eigenvalue weighted by Gasteiger charge is -2.33. The highest BCUT2D eigenvalue weighted by Gasteiger charge is 2.64. The van der Waals surface area contributed by atoms with Gasteiger partial charge in [0.05, 0.1) is 6.54 Å². The minimum absolute atomic E-state index is 0.115. The lowest BCUT2D eigenvalue weighted by atomic mass is 9.73. The maximum atomic E-state index is 13.7. The van der Waals surface area contributed by atoms with E-state index in [0.29, 0.717) is 30.9 Å². The van der Waals surface area contributed by atoms with Gasteiger partial charge in [-0.1, -0.05) is 73.1 Å². The van der Waals surface area contributed by atoms with Crippen LogP contribution in [0.3, 0.4) is 0 Å². The number of halogens is 1. The molecule has 220 valence electrons. The molecule has 0 radical (unpaired) electrons. The first-order chi connectivity index (χ1) is 20.3. The first-order valence-electron chi connectivity index (χ1n) is 14.9. The number of nitrogens with one attached hydrogen (secondary N) is 1. The fraction of sp³-hybridized carbons (Fsp3) is 0.382. The van der Waals surface area contributed by atoms with Crippen LogP contribution < -0.4 is 16.0 Å². The van der Waals surface area contributed by atoms with E-state index in [1.807, 2.05) is 38.1 Å². The number of benzene rings is 2. The van der Waals surface area contributed by atoms with Crippen LogP contribution in [-0.2, 0) is 9.59 Å². The molecule has 1 spiro atoms. The lowest BCUT2D eigenvalue weighted by Crippen LogP contribution is -2.44. The van der Waals surface area contributed by atoms with Gasteiger partial charge >= 0.3 is 6.03 Å². The van der Waals surface area contributed by atoms with Gasteiger partial charge in [-0.3, -0.25) is 14.5 Å². The Hall–Kier alpha value is -4.20. The standard InChI is InChI=1S/C34H39FN4O3/c1-3-38(4-2)33(42)39(26-17-15-25(35)16-18-26)22-23-13-19-27-28(20-14-23)34(27)21-9-8-12-29(34)32(41)37-30(31(36)40)24-10-6-5-7-11-24/h5-7,10-11,13-20,27,29-30H,3-4,8-9,12,21-22H2,1-2H3,(H2,36,40)(H,37,41)/t27?,29-,30?,34?/m0/s1. The number of nitrogens with two attached hydrogens (primary N) is 1. The second-order valence-electron chi connectivity index (χ2n) is 11.3. The Morgan fingerprint density at radius 1 is 1.02 bits per heavy atom. The monoisotopic (exact) mass is 570 g/mol. The summed E-state index contributed by atoms with van der Waals surface area (Å²) in [5.74, 6) is -1.21. The molecule has 0 aliphatic heterocycles. The smallest absolute Gasteiger partial charge is 0.324 e. The fourth-order valence-corrected chi connectivity index (χ4v) is 6.78. The molecular formula is C34H39FN4O3. The highest BCUT2D eigenvalue weighted by atomic mass is 19.1. The van der Waals surface area contributed by atoms with E-state index < -0.39 is 11.9 Å². The zero-order valence-corrected chi connectivity index (χ0v) is 24.3. The van der Waals surface area contributed by atoms with Crippen LogP contribution in [0.1, 0.15) is 51.1 Å². The van der Waals surface area contributed by atoms with Gasteiger partial charge in [0.25, 0.3) is 0 Å². The summed E-state index contributed by atoms with van der Waals surface area (Å²) in [4.78, 5) is 42.8. The number of carbonyl (C=O) groups excluding carboxylic acids is 3. The maximum absolute atomic E-state index is 13.7. The molecule has 2 aromatic carbocycles. The molecule has 4 atom stereocenters. The normalized spacial score (nSPS) is 23.1. The van der Waals surface area contributed by atoms with Crippen molar-refractivity contribution in [3.63, 3.8) is 0 Å². The molecule has 7 nitrogen and oxygen atoms in total. The van der Waals surface area contributed by atoms with Crippen LogP contribution in [0.5, 0.6) is 0 Å². The first-order valence-corrected chi connectivity index (χ1v) is 14.9. The van der Waals surface area contributed by atoms with Crippen molar-refractivity contribution in [3.05, 3.63) is 101 Å². The summed E-state index contributed by atoms with van der Waals surface area (Å²) in [5.41, 5.74) is 8.89. The largest absolute Gasteiger partial charge is 0.368 e. The van der Waals surface area contributed by atoms with E-state index in [2.05, 4.69) is 23.5 Å². The van der Waals surface area contributed by atoms with Crippen LogP contribution in [-0.4, -0.2) is 42.4 Å². The van der Waals surface area contributed by atoms with E-state index in [9.17, 15) is 18.8 Å². The molecule has 4 amide bonds. The minimum atomic E-state index is -0.877. The van der Waals surface area contributed by atoms with Crippen molar-refractivity contribution in [3.8, 4) is 0 Å². The zero-order valence-electron chi connectivity index (χ0n) is 24.3. The quantitative estimate of drug-likeness (QED) is 0.407. The number of rotatable bonds is 9. The summed E-state index contributed by atoms with van der Waals surface area (Å²) in [5, 5.41) is 2.96. The van der Waals surface area contributed by atoms with Crippen LogP contribution in [0.4, 0.5) is 14.9 Å². The molecule has 0 bridgehead atoms. The molecule has 0 saturated heterocycles. The Balaban J connectivity index is 1.37. The van der Waals surface area contributed by atoms with Gasteiger partial charge in [-0.05, 0) is 62.1 Å². The second kappa shape index (κ2) is 12.3. The minimum Gasteiger partial charge on any atom is -0.368 e. The highest BCUT2D eigenvalue weighted by molar-refractivity contribution is 5.93. The van der Waals surface area contributed by atoms with Gasteiger partial charge in [0.1, 0.15) is 11.9 Å². The van der Waals surface area contributed by atoms with Crippen LogP contribution in [0.2, 0.25) is 0 Å². The predicted molar refractivity (Wildman–Crippen MR) is 162 cm³/mol. The number of carbonyl (C=O) groups is 3. The molecular weight excluding hydrogens is 531 g/mol. The van der Waals surface area contributed by atoms with Gasteiger partial charge in [0.15, 0.2) is 0 Å². The summed E-state index contributed by atoms with van der Waals surface area (Å²) in [7, 11) is 0. The number of anilines is 1. The van der Waals surface area contributed by atoms with Gasteiger partial charge < -0.3 is 16.0 Å². The Bertz CT molecular complexity index is 1410. The fourth-order valence-electron chi connectivity index (χ4n) is 6.78. The van der Waals surface area contributed by atoms with Crippen molar-refractivity contribution < 1.29 is 18.8 Å². The Labute approximate surface area is 246 Å². The van der Waals surface area contributed by atoms with Crippen molar-refractivity contribution in [2.24, 2.45) is 23.0 Å². The number of amides is 4. The average molecular weight is 571 g/mol. The van der Waals surface area contributed by atoms with E-state index in [0.717, 1.165) is 31.3 Å². The van der Waals surface area contributed by atoms with Crippen LogP contribution in [0.25, 0.3) is 0 Å². The van der Waals surface area contributed by atoms with Crippen molar-refractivity contribution in [2.45, 2.75) is 45.6 Å². The second-order valence-corrected chi connectivity index (χ2v) is 11.3. The summed E-state index contributed by atoms with van der Waals surface area (Å²) in [6, 6.07) is 14.1. The molecule has 0 heterocycles. The molecule has 0 aromatic heterocycles. The van der Waals surface area contributed by atoms with Crippen molar-refractivity contribution in [2.75, 3.05) is 24.5 Å². The lowest BCUT2D eigenvalue weighted by molar-refractivity contribution is -0.132. The Kier molecular flexibility index (Phi) is 8.61. The predicted octanol–water partition coefficient (Wildman–Crippen LogP) is 5.67. The number of urea groups is 1. The van der Waals surface area contributed by atoms with Gasteiger partial charge in [0, 0.05) is 36.0 Å². The molecule has 2 fully saturated rings. The Morgan fingerprint density at radius 2 is 1.74 bits per heavy atom. The molecule has 3 N–H and O–H groups in total. The number of primary amides is 1. The molecule has 3 aliphatic carbocycles. The van der Waals surface area contributed by atoms with Crippen molar-refractivity contribution in [1.82, 2.24) is 10.2 Å². The third-order valence-electron chi connectivity index (χ3n) is 9.04. The number of allylic oxidation sites excluding steroid dienone is 4. The van der Waals surface area contributed by atoms with Gasteiger partial charge in [-0.15, -0.1) is 0 Å². The van der Waals surface area contributed by atoms with E-state index in [1.165, 1.54) is 17.7 Å². The summed E-state index contributed by atoms with van der Waals surface area (Å²) in [6.45, 7) is 5.35. The average Bonchev–Trinajstić information content (AvgIpc) is 3.66. The van der Waals surface area contributed by atoms with E-state index in [-0.39, 0.29) is 35.0 Å². The molecule has 3 unspecified atom stereocenters. The van der Waals surface area contributed by atoms with Crippen LogP contribution in [0, 0.1) is 23.1 Å². The van der Waals surface area contributed by atoms with Crippen molar-refractivity contribution in [1.29, 1.82) is 0 Å². The number of hydrogen-bond acceptors (Lipinski definition) is 3. The molecule has 2 saturated carbocycles. The molecule has 5 rings (SSSR count). The highest BCUT2D eigenvalue weighted by Crippen LogP contribution is 2.69. The zero-order chi connectivity index (χ0) is 29.9.